The molecule has 0 bridgehead atoms. The molecule has 41 heavy (non-hydrogen) atoms. The number of hydrogen-bond acceptors (Lipinski definition) is 3. The maximum atomic E-state index is 14.0. The van der Waals surface area contributed by atoms with E-state index in [0.717, 1.165) is 28.8 Å². The van der Waals surface area contributed by atoms with Gasteiger partial charge in [0.15, 0.2) is 0 Å². The smallest absolute Gasteiger partial charge is 0.299 e. The Bertz CT molecular complexity index is 1320. The molecule has 2 heterocycles. The monoisotopic (exact) mass is 576 g/mol. The lowest BCUT2D eigenvalue weighted by Gasteiger charge is -2.41. The summed E-state index contributed by atoms with van der Waals surface area (Å²) in [6.45, 7) is 5.79. The summed E-state index contributed by atoms with van der Waals surface area (Å²) in [6, 6.07) is 12.2. The zero-order valence-electron chi connectivity index (χ0n) is 23.3. The third-order valence-corrected chi connectivity index (χ3v) is 7.79. The molecule has 4 rings (SSSR count). The number of benzene rings is 2. The first kappa shape index (κ1) is 30.8. The predicted molar refractivity (Wildman–Crippen MR) is 146 cm³/mol. The van der Waals surface area contributed by atoms with Crippen molar-refractivity contribution in [1.82, 2.24) is 9.88 Å². The van der Waals surface area contributed by atoms with Crippen LogP contribution < -0.4 is 0 Å². The summed E-state index contributed by atoms with van der Waals surface area (Å²) in [5.74, 6) is -0.507. The molecule has 3 atom stereocenters. The minimum Gasteiger partial charge on any atom is -0.299 e. The van der Waals surface area contributed by atoms with E-state index in [9.17, 15) is 31.1 Å². The van der Waals surface area contributed by atoms with Crippen LogP contribution in [0.15, 0.2) is 67.0 Å². The summed E-state index contributed by atoms with van der Waals surface area (Å²) in [5, 5.41) is 0. The Morgan fingerprint density at radius 2 is 1.59 bits per heavy atom. The van der Waals surface area contributed by atoms with E-state index < -0.39 is 29.9 Å². The summed E-state index contributed by atoms with van der Waals surface area (Å²) >= 11 is 0. The second-order valence-electron chi connectivity index (χ2n) is 11.4. The van der Waals surface area contributed by atoms with Crippen LogP contribution in [0.4, 0.5) is 26.3 Å². The maximum absolute atomic E-state index is 14.0. The molecule has 2 aromatic carbocycles. The molecule has 3 nitrogen and oxygen atoms in total. The third kappa shape index (κ3) is 7.76. The number of likely N-dealkylation sites (tertiary alicyclic amines) is 1. The average Bonchev–Trinajstić information content (AvgIpc) is 2.91. The zero-order valence-corrected chi connectivity index (χ0v) is 23.3. The van der Waals surface area contributed by atoms with E-state index in [-0.39, 0.29) is 37.1 Å². The Kier molecular flexibility index (Phi) is 9.26. The van der Waals surface area contributed by atoms with Crippen molar-refractivity contribution < 1.29 is 31.1 Å². The van der Waals surface area contributed by atoms with Crippen molar-refractivity contribution in [3.63, 3.8) is 0 Å². The van der Waals surface area contributed by atoms with Crippen LogP contribution in [0.3, 0.4) is 0 Å². The molecule has 1 aromatic heterocycles. The number of rotatable bonds is 8. The highest BCUT2D eigenvalue weighted by Gasteiger charge is 2.46. The molecule has 0 saturated carbocycles. The molecule has 220 valence electrons. The number of nitrogens with zero attached hydrogens (tertiary/aromatic N) is 2. The van der Waals surface area contributed by atoms with Crippen LogP contribution in [0.5, 0.6) is 0 Å². The number of hydrogen-bond donors (Lipinski definition) is 0. The predicted octanol–water partition coefficient (Wildman–Crippen LogP) is 8.80. The van der Waals surface area contributed by atoms with Crippen LogP contribution >= 0.6 is 0 Å². The number of carbonyl (C=O) groups excluding carboxylic acids is 1. The molecule has 1 aliphatic heterocycles. The number of aromatic nitrogens is 1. The summed E-state index contributed by atoms with van der Waals surface area (Å²) < 4.78 is 81.7. The van der Waals surface area contributed by atoms with Gasteiger partial charge in [0.1, 0.15) is 11.8 Å². The van der Waals surface area contributed by atoms with Gasteiger partial charge in [-0.25, -0.2) is 0 Å². The molecule has 0 N–H and O–H groups in total. The van der Waals surface area contributed by atoms with Crippen molar-refractivity contribution >= 4 is 5.78 Å². The Balaban J connectivity index is 1.75. The Morgan fingerprint density at radius 1 is 0.927 bits per heavy atom. The van der Waals surface area contributed by atoms with Gasteiger partial charge in [0.2, 0.25) is 0 Å². The number of halogens is 6. The van der Waals surface area contributed by atoms with Crippen LogP contribution in [0.25, 0.3) is 11.1 Å². The Labute approximate surface area is 236 Å². The Hall–Kier alpha value is -3.20. The van der Waals surface area contributed by atoms with Gasteiger partial charge in [0, 0.05) is 31.4 Å². The van der Waals surface area contributed by atoms with E-state index in [1.54, 1.807) is 24.5 Å². The number of piperidine rings is 1. The van der Waals surface area contributed by atoms with Gasteiger partial charge in [0.05, 0.1) is 5.56 Å². The fourth-order valence-corrected chi connectivity index (χ4v) is 5.72. The standard InChI is InChI=1S/C32H34F6N2O/c1-20(2)14-29(21(3)41)27-16-25(23-4-7-28(8-5-23)31(33,34)35)15-26(17-27)24-6-9-30(32(36,37)38)40(19-24)18-22-10-12-39-13-11-22/h4-5,7-8,10-13,15-17,20,24,29-30H,6,9,14,18-19H2,1-3H3. The van der Waals surface area contributed by atoms with Crippen molar-refractivity contribution in [2.45, 2.75) is 76.8 Å². The minimum atomic E-state index is -4.47. The molecule has 0 amide bonds. The molecule has 1 saturated heterocycles. The normalized spacial score (nSPS) is 19.4. The van der Waals surface area contributed by atoms with E-state index in [0.29, 0.717) is 24.0 Å². The van der Waals surface area contributed by atoms with Crippen LogP contribution in [0.1, 0.15) is 74.1 Å². The van der Waals surface area contributed by atoms with Crippen molar-refractivity contribution in [1.29, 1.82) is 0 Å². The highest BCUT2D eigenvalue weighted by molar-refractivity contribution is 5.84. The quantitative estimate of drug-likeness (QED) is 0.251. The summed E-state index contributed by atoms with van der Waals surface area (Å²) in [7, 11) is 0. The van der Waals surface area contributed by atoms with Crippen molar-refractivity contribution in [3.8, 4) is 11.1 Å². The van der Waals surface area contributed by atoms with Gasteiger partial charge in [-0.15, -0.1) is 0 Å². The van der Waals surface area contributed by atoms with Crippen LogP contribution in [-0.4, -0.2) is 34.4 Å². The van der Waals surface area contributed by atoms with Gasteiger partial charge in [-0.1, -0.05) is 44.2 Å². The molecule has 3 aromatic rings. The maximum Gasteiger partial charge on any atom is 0.416 e. The number of alkyl halides is 6. The molecule has 1 aliphatic rings. The SMILES string of the molecule is CC(=O)C(CC(C)C)c1cc(-c2ccc(C(F)(F)F)cc2)cc(C2CCC(C(F)(F)F)N(Cc3ccncc3)C2)c1. The Morgan fingerprint density at radius 3 is 2.15 bits per heavy atom. The first-order valence-corrected chi connectivity index (χ1v) is 13.7. The lowest BCUT2D eigenvalue weighted by atomic mass is 9.81. The largest absolute Gasteiger partial charge is 0.416 e. The summed E-state index contributed by atoms with van der Waals surface area (Å²) in [4.78, 5) is 18.1. The van der Waals surface area contributed by atoms with Crippen LogP contribution in [0, 0.1) is 5.92 Å². The lowest BCUT2D eigenvalue weighted by molar-refractivity contribution is -0.194. The van der Waals surface area contributed by atoms with E-state index in [2.05, 4.69) is 4.98 Å². The fraction of sp³-hybridized carbons (Fsp3) is 0.438. The average molecular weight is 577 g/mol. The van der Waals surface area contributed by atoms with Gasteiger partial charge in [0.25, 0.3) is 0 Å². The lowest BCUT2D eigenvalue weighted by Crippen LogP contribution is -2.50. The molecular weight excluding hydrogens is 542 g/mol. The van der Waals surface area contributed by atoms with Crippen molar-refractivity contribution in [2.24, 2.45) is 5.92 Å². The van der Waals surface area contributed by atoms with E-state index in [1.807, 2.05) is 32.0 Å². The topological polar surface area (TPSA) is 33.2 Å². The van der Waals surface area contributed by atoms with E-state index >= 15 is 0 Å². The third-order valence-electron chi connectivity index (χ3n) is 7.79. The van der Waals surface area contributed by atoms with Gasteiger partial charge in [-0.3, -0.25) is 14.7 Å². The minimum absolute atomic E-state index is 0.0330. The number of Topliss-reactive ketones (excluding diaryl/α,β-unsaturated/α-hetero) is 1. The van der Waals surface area contributed by atoms with E-state index in [1.165, 1.54) is 24.0 Å². The van der Waals surface area contributed by atoms with Gasteiger partial charge < -0.3 is 0 Å². The summed E-state index contributed by atoms with van der Waals surface area (Å²) in [5.41, 5.74) is 2.66. The fourth-order valence-electron chi connectivity index (χ4n) is 5.72. The molecular formula is C32H34F6N2O. The second kappa shape index (κ2) is 12.3. The van der Waals surface area contributed by atoms with Gasteiger partial charge >= 0.3 is 12.4 Å². The van der Waals surface area contributed by atoms with Gasteiger partial charge in [-0.05, 0) is 90.1 Å². The first-order valence-electron chi connectivity index (χ1n) is 13.7. The highest BCUT2D eigenvalue weighted by Crippen LogP contribution is 2.41. The zero-order chi connectivity index (χ0) is 29.9. The molecule has 3 unspecified atom stereocenters. The molecule has 9 heteroatoms. The van der Waals surface area contributed by atoms with Crippen molar-refractivity contribution in [2.75, 3.05) is 6.54 Å². The molecule has 0 radical (unpaired) electrons. The number of pyridine rings is 1. The molecule has 1 fully saturated rings. The van der Waals surface area contributed by atoms with Gasteiger partial charge in [-0.2, -0.15) is 26.3 Å². The van der Waals surface area contributed by atoms with Crippen LogP contribution in [0.2, 0.25) is 0 Å². The van der Waals surface area contributed by atoms with Crippen LogP contribution in [-0.2, 0) is 17.5 Å². The molecule has 0 spiro atoms. The molecule has 0 aliphatic carbocycles. The summed E-state index contributed by atoms with van der Waals surface area (Å²) in [6.07, 6.45) is -4.96. The van der Waals surface area contributed by atoms with Crippen molar-refractivity contribution in [3.05, 3.63) is 89.2 Å². The highest BCUT2D eigenvalue weighted by atomic mass is 19.4. The van der Waals surface area contributed by atoms with E-state index in [4.69, 9.17) is 0 Å². The number of ketones is 1. The second-order valence-corrected chi connectivity index (χ2v) is 11.4. The first-order chi connectivity index (χ1) is 19.2. The number of carbonyl (C=O) groups is 1.